The van der Waals surface area contributed by atoms with Crippen LogP contribution in [0.25, 0.3) is 0 Å². The highest BCUT2D eigenvalue weighted by Crippen LogP contribution is 2.40. The molecule has 2 rings (SSSR count). The molecule has 0 aliphatic heterocycles. The lowest BCUT2D eigenvalue weighted by Crippen LogP contribution is -2.27. The van der Waals surface area contributed by atoms with Crippen LogP contribution in [-0.2, 0) is 5.67 Å². The van der Waals surface area contributed by atoms with E-state index in [1.165, 1.54) is 12.3 Å². The first-order chi connectivity index (χ1) is 10.7. The molecule has 0 aliphatic carbocycles. The number of halogens is 1. The second kappa shape index (κ2) is 7.85. The molecule has 0 saturated heterocycles. The minimum absolute atomic E-state index is 0.444. The molecule has 0 amide bonds. The predicted molar refractivity (Wildman–Crippen MR) is 87.1 cm³/mol. The van der Waals surface area contributed by atoms with Gasteiger partial charge in [0.2, 0.25) is 0 Å². The number of benzene rings is 1. The SMILES string of the molecule is CCCC/C=C/[C@@](F)(c1ccccc1)[C@@H](O)c1cccnc1. The lowest BCUT2D eigenvalue weighted by Gasteiger charge is -2.28. The number of hydrogen-bond acceptors (Lipinski definition) is 2. The Hall–Kier alpha value is -2.00. The van der Waals surface area contributed by atoms with Crippen molar-refractivity contribution in [3.05, 3.63) is 78.1 Å². The topological polar surface area (TPSA) is 33.1 Å². The fraction of sp³-hybridized carbons (Fsp3) is 0.316. The molecule has 2 nitrogen and oxygen atoms in total. The molecular weight excluding hydrogens is 277 g/mol. The standard InChI is InChI=1S/C19H22FNO/c1-2-3-4-8-13-19(20,17-11-6-5-7-12-17)18(22)16-10-9-14-21-15-16/h5-15,18,22H,2-4H2,1H3/b13-8+/t18-,19+/m0/s1. The van der Waals surface area contributed by atoms with Gasteiger partial charge in [0.05, 0.1) is 0 Å². The number of alkyl halides is 1. The lowest BCUT2D eigenvalue weighted by molar-refractivity contribution is 0.0206. The van der Waals surface area contributed by atoms with Crippen molar-refractivity contribution in [3.8, 4) is 0 Å². The Bertz CT molecular complexity index is 585. The van der Waals surface area contributed by atoms with Gasteiger partial charge in [0.1, 0.15) is 6.10 Å². The van der Waals surface area contributed by atoms with Gasteiger partial charge in [-0.3, -0.25) is 4.98 Å². The molecule has 2 atom stereocenters. The van der Waals surface area contributed by atoms with Crippen molar-refractivity contribution in [1.29, 1.82) is 0 Å². The van der Waals surface area contributed by atoms with E-state index >= 15 is 4.39 Å². The van der Waals surface area contributed by atoms with E-state index < -0.39 is 11.8 Å². The number of nitrogens with zero attached hydrogens (tertiary/aromatic N) is 1. The predicted octanol–water partition coefficient (Wildman–Crippen LogP) is 4.73. The second-order valence-corrected chi connectivity index (χ2v) is 5.37. The van der Waals surface area contributed by atoms with Gasteiger partial charge in [0.15, 0.2) is 5.67 Å². The summed E-state index contributed by atoms with van der Waals surface area (Å²) in [5, 5.41) is 10.6. The van der Waals surface area contributed by atoms with Crippen LogP contribution in [-0.4, -0.2) is 10.1 Å². The van der Waals surface area contributed by atoms with Crippen molar-refractivity contribution in [1.82, 2.24) is 4.98 Å². The average Bonchev–Trinajstić information content (AvgIpc) is 2.59. The van der Waals surface area contributed by atoms with Crippen LogP contribution in [0.5, 0.6) is 0 Å². The Balaban J connectivity index is 2.35. The van der Waals surface area contributed by atoms with Crippen LogP contribution in [0.2, 0.25) is 0 Å². The van der Waals surface area contributed by atoms with Gasteiger partial charge < -0.3 is 5.11 Å². The first-order valence-corrected chi connectivity index (χ1v) is 7.68. The average molecular weight is 299 g/mol. The first-order valence-electron chi connectivity index (χ1n) is 7.68. The molecule has 1 aromatic carbocycles. The third-order valence-corrected chi connectivity index (χ3v) is 3.70. The summed E-state index contributed by atoms with van der Waals surface area (Å²) in [7, 11) is 0. The van der Waals surface area contributed by atoms with E-state index in [0.717, 1.165) is 19.3 Å². The molecule has 0 aliphatic rings. The molecule has 0 fully saturated rings. The van der Waals surface area contributed by atoms with Crippen molar-refractivity contribution in [2.45, 2.75) is 38.0 Å². The Morgan fingerprint density at radius 3 is 2.64 bits per heavy atom. The van der Waals surface area contributed by atoms with Crippen LogP contribution in [0, 0.1) is 0 Å². The van der Waals surface area contributed by atoms with Gasteiger partial charge in [0, 0.05) is 18.0 Å². The largest absolute Gasteiger partial charge is 0.384 e. The molecule has 0 bridgehead atoms. The van der Waals surface area contributed by atoms with Gasteiger partial charge in [0.25, 0.3) is 0 Å². The van der Waals surface area contributed by atoms with E-state index in [4.69, 9.17) is 0 Å². The maximum Gasteiger partial charge on any atom is 0.184 e. The first kappa shape index (κ1) is 16.4. The normalized spacial score (nSPS) is 15.6. The summed E-state index contributed by atoms with van der Waals surface area (Å²) in [5.74, 6) is 0. The third kappa shape index (κ3) is 3.80. The molecule has 1 heterocycles. The van der Waals surface area contributed by atoms with Crippen LogP contribution in [0.4, 0.5) is 4.39 Å². The van der Waals surface area contributed by atoms with Gasteiger partial charge >= 0.3 is 0 Å². The van der Waals surface area contributed by atoms with Crippen molar-refractivity contribution in [2.24, 2.45) is 0 Å². The molecule has 1 aromatic heterocycles. The number of pyridine rings is 1. The van der Waals surface area contributed by atoms with Crippen LogP contribution >= 0.6 is 0 Å². The van der Waals surface area contributed by atoms with E-state index in [2.05, 4.69) is 11.9 Å². The number of rotatable bonds is 7. The second-order valence-electron chi connectivity index (χ2n) is 5.37. The van der Waals surface area contributed by atoms with Crippen molar-refractivity contribution in [2.75, 3.05) is 0 Å². The van der Waals surface area contributed by atoms with E-state index in [9.17, 15) is 5.11 Å². The van der Waals surface area contributed by atoms with Crippen molar-refractivity contribution in [3.63, 3.8) is 0 Å². The van der Waals surface area contributed by atoms with E-state index in [-0.39, 0.29) is 0 Å². The van der Waals surface area contributed by atoms with Crippen LogP contribution in [0.1, 0.15) is 43.4 Å². The zero-order valence-electron chi connectivity index (χ0n) is 12.8. The highest BCUT2D eigenvalue weighted by molar-refractivity contribution is 5.33. The smallest absolute Gasteiger partial charge is 0.184 e. The maximum atomic E-state index is 15.7. The molecule has 0 radical (unpaired) electrons. The minimum atomic E-state index is -1.96. The van der Waals surface area contributed by atoms with E-state index in [1.54, 1.807) is 42.6 Å². The Morgan fingerprint density at radius 2 is 2.00 bits per heavy atom. The molecule has 1 N–H and O–H groups in total. The third-order valence-electron chi connectivity index (χ3n) is 3.70. The van der Waals surface area contributed by atoms with Gasteiger partial charge in [-0.05, 0) is 24.1 Å². The molecule has 116 valence electrons. The van der Waals surface area contributed by atoms with Crippen LogP contribution in [0.15, 0.2) is 67.0 Å². The Kier molecular flexibility index (Phi) is 5.84. The quantitative estimate of drug-likeness (QED) is 0.592. The number of unbranched alkanes of at least 4 members (excludes halogenated alkanes) is 2. The van der Waals surface area contributed by atoms with E-state index in [1.807, 2.05) is 12.1 Å². The summed E-state index contributed by atoms with van der Waals surface area (Å²) in [5.41, 5.74) is -1.05. The van der Waals surface area contributed by atoms with Crippen molar-refractivity contribution >= 4 is 0 Å². The highest BCUT2D eigenvalue weighted by atomic mass is 19.1. The minimum Gasteiger partial charge on any atom is -0.384 e. The maximum absolute atomic E-state index is 15.7. The van der Waals surface area contributed by atoms with Crippen molar-refractivity contribution < 1.29 is 9.50 Å². The summed E-state index contributed by atoms with van der Waals surface area (Å²) in [6.07, 6.45) is 7.98. The van der Waals surface area contributed by atoms with Gasteiger partial charge in [-0.1, -0.05) is 62.2 Å². The molecule has 3 heteroatoms. The summed E-state index contributed by atoms with van der Waals surface area (Å²) in [4.78, 5) is 3.97. The van der Waals surface area contributed by atoms with Gasteiger partial charge in [-0.15, -0.1) is 0 Å². The number of aliphatic hydroxyl groups excluding tert-OH is 1. The van der Waals surface area contributed by atoms with Gasteiger partial charge in [-0.25, -0.2) is 4.39 Å². The Morgan fingerprint density at radius 1 is 1.23 bits per heavy atom. The van der Waals surface area contributed by atoms with Gasteiger partial charge in [-0.2, -0.15) is 0 Å². The lowest BCUT2D eigenvalue weighted by atomic mass is 9.86. The molecule has 0 unspecified atom stereocenters. The Labute approximate surface area is 131 Å². The fourth-order valence-corrected chi connectivity index (χ4v) is 2.40. The summed E-state index contributed by atoms with van der Waals surface area (Å²) in [6.45, 7) is 2.10. The van der Waals surface area contributed by atoms with Crippen LogP contribution in [0.3, 0.4) is 0 Å². The summed E-state index contributed by atoms with van der Waals surface area (Å²) < 4.78 is 15.7. The van der Waals surface area contributed by atoms with E-state index in [0.29, 0.717) is 11.1 Å². The van der Waals surface area contributed by atoms with Crippen LogP contribution < -0.4 is 0 Å². The monoisotopic (exact) mass is 299 g/mol. The highest BCUT2D eigenvalue weighted by Gasteiger charge is 2.38. The molecule has 0 spiro atoms. The molecule has 2 aromatic rings. The molecular formula is C19H22FNO. The summed E-state index contributed by atoms with van der Waals surface area (Å²) in [6, 6.07) is 12.2. The number of aliphatic hydroxyl groups is 1. The number of hydrogen-bond donors (Lipinski definition) is 1. The molecule has 0 saturated carbocycles. The zero-order chi connectivity index (χ0) is 15.8. The fourth-order valence-electron chi connectivity index (χ4n) is 2.40. The zero-order valence-corrected chi connectivity index (χ0v) is 12.8. The number of aromatic nitrogens is 1. The molecule has 22 heavy (non-hydrogen) atoms. The summed E-state index contributed by atoms with van der Waals surface area (Å²) >= 11 is 0. The number of allylic oxidation sites excluding steroid dienone is 1.